The molecule has 0 aromatic carbocycles. The number of carbonyl (C=O) groups excluding carboxylic acids is 2. The fraction of sp³-hybridized carbons (Fsp3) is 0.564. The maximum Gasteiger partial charge on any atom is 0.306 e. The highest BCUT2D eigenvalue weighted by atomic mass is 16.6. The van der Waals surface area contributed by atoms with E-state index in [4.69, 9.17) is 9.47 Å². The minimum atomic E-state index is -0.786. The Balaban J connectivity index is 3.67. The van der Waals surface area contributed by atoms with E-state index in [0.29, 0.717) is 12.8 Å². The summed E-state index contributed by atoms with van der Waals surface area (Å²) in [6.45, 7) is 3.94. The van der Waals surface area contributed by atoms with Gasteiger partial charge in [-0.05, 0) is 96.3 Å². The van der Waals surface area contributed by atoms with E-state index in [1.54, 1.807) is 0 Å². The molecule has 0 aromatic rings. The molecule has 5 nitrogen and oxygen atoms in total. The summed E-state index contributed by atoms with van der Waals surface area (Å²) in [4.78, 5) is 24.1. The zero-order chi connectivity index (χ0) is 43.5. The van der Waals surface area contributed by atoms with Gasteiger partial charge in [0.25, 0.3) is 0 Å². The highest BCUT2D eigenvalue weighted by Gasteiger charge is 2.16. The maximum absolute atomic E-state index is 12.2. The zero-order valence-electron chi connectivity index (χ0n) is 38.2. The van der Waals surface area contributed by atoms with Gasteiger partial charge < -0.3 is 14.6 Å². The lowest BCUT2D eigenvalue weighted by atomic mass is 10.1. The molecule has 0 saturated carbocycles. The summed E-state index contributed by atoms with van der Waals surface area (Å²) in [6.07, 6.45) is 74.2. The summed E-state index contributed by atoms with van der Waals surface area (Å²) in [5.74, 6) is -0.631. The third kappa shape index (κ3) is 46.7. The van der Waals surface area contributed by atoms with Crippen LogP contribution in [0.2, 0.25) is 0 Å². The number of aliphatic hydroxyl groups excluding tert-OH is 1. The largest absolute Gasteiger partial charge is 0.462 e. The Kier molecular flexibility index (Phi) is 46.1. The van der Waals surface area contributed by atoms with Crippen LogP contribution in [0.25, 0.3) is 0 Å². The van der Waals surface area contributed by atoms with Crippen LogP contribution >= 0.6 is 0 Å². The lowest BCUT2D eigenvalue weighted by Crippen LogP contribution is -2.28. The average molecular weight is 827 g/mol. The highest BCUT2D eigenvalue weighted by molar-refractivity contribution is 5.70. The molecule has 1 N–H and O–H groups in total. The first-order valence-corrected chi connectivity index (χ1v) is 23.7. The molecule has 0 rings (SSSR count). The molecule has 0 spiro atoms. The minimum Gasteiger partial charge on any atom is -0.462 e. The lowest BCUT2D eigenvalue weighted by molar-refractivity contribution is -0.161. The smallest absolute Gasteiger partial charge is 0.306 e. The molecular formula is C55H86O5. The second-order valence-corrected chi connectivity index (χ2v) is 15.1. The van der Waals surface area contributed by atoms with E-state index in [1.807, 2.05) is 0 Å². The van der Waals surface area contributed by atoms with E-state index < -0.39 is 6.10 Å². The number of carbonyl (C=O) groups is 2. The number of aliphatic hydroxyl groups is 1. The van der Waals surface area contributed by atoms with Crippen molar-refractivity contribution in [2.24, 2.45) is 0 Å². The van der Waals surface area contributed by atoms with Gasteiger partial charge in [-0.3, -0.25) is 9.59 Å². The van der Waals surface area contributed by atoms with Crippen molar-refractivity contribution in [1.82, 2.24) is 0 Å². The van der Waals surface area contributed by atoms with Crippen molar-refractivity contribution in [3.8, 4) is 0 Å². The minimum absolute atomic E-state index is 0.0808. The Bertz CT molecular complexity index is 1300. The van der Waals surface area contributed by atoms with Gasteiger partial charge >= 0.3 is 11.9 Å². The fourth-order valence-electron chi connectivity index (χ4n) is 5.91. The van der Waals surface area contributed by atoms with Gasteiger partial charge in [0.1, 0.15) is 6.61 Å². The van der Waals surface area contributed by atoms with Crippen molar-refractivity contribution >= 4 is 11.9 Å². The van der Waals surface area contributed by atoms with Crippen LogP contribution < -0.4 is 0 Å². The Labute approximate surface area is 368 Å². The number of esters is 2. The third-order valence-corrected chi connectivity index (χ3v) is 9.46. The first-order valence-electron chi connectivity index (χ1n) is 23.7. The van der Waals surface area contributed by atoms with E-state index in [0.717, 1.165) is 128 Å². The summed E-state index contributed by atoms with van der Waals surface area (Å²) in [5, 5.41) is 9.52. The normalized spacial score (nSPS) is 13.4. The van der Waals surface area contributed by atoms with Crippen LogP contribution in [-0.4, -0.2) is 36.4 Å². The number of unbranched alkanes of at least 4 members (excludes halogenated alkanes) is 11. The van der Waals surface area contributed by atoms with Crippen LogP contribution in [0.5, 0.6) is 0 Å². The molecule has 0 radical (unpaired) electrons. The maximum atomic E-state index is 12.2. The standard InChI is InChI=1S/C55H86O5/c1-3-5-7-9-11-12-13-14-15-16-17-18-19-20-21-22-23-24-25-26-27-28-29-30-31-32-33-34-35-36-37-38-39-40-41-42-44-46-48-50-55(58)60-53(51-56)52-59-54(57)49-47-45-43-10-8-6-4-2/h5,7,11-12,14-15,17-18,20-21,23-24,26-27,29-30,32-33,35-36,38-39,53,56H,3-4,6,8-10,13,16,19,22,25,28,31,34,37,40-52H2,1-2H3/b7-5-,12-11-,15-14-,18-17-,21-20-,24-23-,27-26-,30-29-,33-32-,36-35-,39-38-. The second-order valence-electron chi connectivity index (χ2n) is 15.1. The second kappa shape index (κ2) is 49.4. The number of rotatable bonds is 41. The monoisotopic (exact) mass is 827 g/mol. The molecule has 336 valence electrons. The first kappa shape index (κ1) is 56.0. The molecular weight excluding hydrogens is 741 g/mol. The molecule has 60 heavy (non-hydrogen) atoms. The predicted octanol–water partition coefficient (Wildman–Crippen LogP) is 15.7. The number of hydrogen-bond acceptors (Lipinski definition) is 5. The van der Waals surface area contributed by atoms with Crippen molar-refractivity contribution in [3.63, 3.8) is 0 Å². The van der Waals surface area contributed by atoms with E-state index in [1.165, 1.54) is 25.7 Å². The molecule has 0 aromatic heterocycles. The Morgan fingerprint density at radius 2 is 0.717 bits per heavy atom. The summed E-state index contributed by atoms with van der Waals surface area (Å²) in [5.41, 5.74) is 0. The molecule has 0 aliphatic carbocycles. The van der Waals surface area contributed by atoms with Gasteiger partial charge in [0.15, 0.2) is 6.10 Å². The molecule has 0 heterocycles. The van der Waals surface area contributed by atoms with Gasteiger partial charge in [0, 0.05) is 12.8 Å². The van der Waals surface area contributed by atoms with Crippen LogP contribution in [0.15, 0.2) is 134 Å². The quantitative estimate of drug-likeness (QED) is 0.0378. The van der Waals surface area contributed by atoms with Crippen molar-refractivity contribution in [2.45, 2.75) is 187 Å². The summed E-state index contributed by atoms with van der Waals surface area (Å²) < 4.78 is 10.5. The van der Waals surface area contributed by atoms with Crippen LogP contribution in [-0.2, 0) is 19.1 Å². The molecule has 1 unspecified atom stereocenters. The zero-order valence-corrected chi connectivity index (χ0v) is 38.2. The van der Waals surface area contributed by atoms with Crippen molar-refractivity contribution in [3.05, 3.63) is 134 Å². The van der Waals surface area contributed by atoms with Crippen molar-refractivity contribution < 1.29 is 24.2 Å². The van der Waals surface area contributed by atoms with Crippen LogP contribution in [0.1, 0.15) is 181 Å². The van der Waals surface area contributed by atoms with Crippen molar-refractivity contribution in [2.75, 3.05) is 13.2 Å². The van der Waals surface area contributed by atoms with Gasteiger partial charge in [-0.1, -0.05) is 205 Å². The number of allylic oxidation sites excluding steroid dienone is 22. The van der Waals surface area contributed by atoms with Gasteiger partial charge in [-0.25, -0.2) is 0 Å². The Morgan fingerprint density at radius 1 is 0.400 bits per heavy atom. The predicted molar refractivity (Wildman–Crippen MR) is 260 cm³/mol. The summed E-state index contributed by atoms with van der Waals surface area (Å²) >= 11 is 0. The van der Waals surface area contributed by atoms with E-state index >= 15 is 0 Å². The van der Waals surface area contributed by atoms with Gasteiger partial charge in [-0.2, -0.15) is 0 Å². The third-order valence-electron chi connectivity index (χ3n) is 9.46. The van der Waals surface area contributed by atoms with Crippen LogP contribution in [0, 0.1) is 0 Å². The molecule has 0 amide bonds. The van der Waals surface area contributed by atoms with E-state index in [9.17, 15) is 14.7 Å². The molecule has 0 aliphatic rings. The molecule has 0 saturated heterocycles. The average Bonchev–Trinajstić information content (AvgIpc) is 3.25. The van der Waals surface area contributed by atoms with Crippen molar-refractivity contribution in [1.29, 1.82) is 0 Å². The molecule has 0 bridgehead atoms. The molecule has 0 aliphatic heterocycles. The van der Waals surface area contributed by atoms with Crippen LogP contribution in [0.3, 0.4) is 0 Å². The van der Waals surface area contributed by atoms with E-state index in [2.05, 4.69) is 148 Å². The highest BCUT2D eigenvalue weighted by Crippen LogP contribution is 2.11. The van der Waals surface area contributed by atoms with Crippen LogP contribution in [0.4, 0.5) is 0 Å². The van der Waals surface area contributed by atoms with E-state index in [-0.39, 0.29) is 25.2 Å². The SMILES string of the molecule is CC/C=C\C/C=C\C/C=C\C/C=C\C/C=C\C/C=C\C/C=C\C/C=C\C/C=C\C/C=C\C/C=C\CCCCCCCC(=O)OC(CO)COC(=O)CCCCCCCCC. The summed E-state index contributed by atoms with van der Waals surface area (Å²) in [7, 11) is 0. The number of hydrogen-bond donors (Lipinski definition) is 1. The van der Waals surface area contributed by atoms with Gasteiger partial charge in [0.05, 0.1) is 6.61 Å². The molecule has 0 fully saturated rings. The fourth-order valence-corrected chi connectivity index (χ4v) is 5.91. The Hall–Kier alpha value is -3.96. The summed E-state index contributed by atoms with van der Waals surface area (Å²) in [6, 6.07) is 0. The first-order chi connectivity index (χ1) is 29.6. The topological polar surface area (TPSA) is 72.8 Å². The van der Waals surface area contributed by atoms with Gasteiger partial charge in [0.2, 0.25) is 0 Å². The lowest BCUT2D eigenvalue weighted by Gasteiger charge is -2.15. The Morgan fingerprint density at radius 3 is 1.08 bits per heavy atom. The molecule has 1 atom stereocenters. The van der Waals surface area contributed by atoms with Gasteiger partial charge in [-0.15, -0.1) is 0 Å². The molecule has 5 heteroatoms. The number of ether oxygens (including phenoxy) is 2.